The van der Waals surface area contributed by atoms with E-state index in [1.807, 2.05) is 66.7 Å². The first kappa shape index (κ1) is 19.5. The summed E-state index contributed by atoms with van der Waals surface area (Å²) in [6, 6.07) is 21.5. The lowest BCUT2D eigenvalue weighted by molar-refractivity contribution is 0.102. The number of benzene rings is 2. The van der Waals surface area contributed by atoms with E-state index in [2.05, 4.69) is 20.3 Å². The first-order chi connectivity index (χ1) is 15.7. The third-order valence-electron chi connectivity index (χ3n) is 5.35. The van der Waals surface area contributed by atoms with Crippen LogP contribution >= 0.6 is 0 Å². The van der Waals surface area contributed by atoms with E-state index >= 15 is 0 Å². The quantitative estimate of drug-likeness (QED) is 0.390. The minimum absolute atomic E-state index is 0.231. The van der Waals surface area contributed by atoms with Crippen molar-refractivity contribution in [1.29, 1.82) is 0 Å². The number of aromatic amines is 1. The highest BCUT2D eigenvalue weighted by atomic mass is 16.5. The van der Waals surface area contributed by atoms with Crippen molar-refractivity contribution in [3.63, 3.8) is 0 Å². The van der Waals surface area contributed by atoms with Crippen molar-refractivity contribution < 1.29 is 9.53 Å². The second kappa shape index (κ2) is 8.35. The zero-order chi connectivity index (χ0) is 21.9. The molecule has 0 aliphatic rings. The van der Waals surface area contributed by atoms with Crippen LogP contribution in [-0.4, -0.2) is 28.0 Å². The van der Waals surface area contributed by atoms with E-state index in [1.165, 1.54) is 0 Å². The Morgan fingerprint density at radius 3 is 2.53 bits per heavy atom. The van der Waals surface area contributed by atoms with Crippen LogP contribution in [0, 0.1) is 0 Å². The number of fused-ring (bicyclic) bond motifs is 1. The molecule has 0 saturated carbocycles. The number of methoxy groups -OCH3 is 1. The molecule has 2 aromatic carbocycles. The highest BCUT2D eigenvalue weighted by molar-refractivity contribution is 6.13. The second-order valence-corrected chi connectivity index (χ2v) is 7.29. The number of hydrogen-bond acceptors (Lipinski definition) is 4. The summed E-state index contributed by atoms with van der Waals surface area (Å²) < 4.78 is 5.24. The van der Waals surface area contributed by atoms with Crippen LogP contribution in [0.1, 0.15) is 10.4 Å². The Labute approximate surface area is 184 Å². The predicted octanol–water partition coefficient (Wildman–Crippen LogP) is 5.55. The summed E-state index contributed by atoms with van der Waals surface area (Å²) in [6.07, 6.45) is 6.85. The van der Waals surface area contributed by atoms with Gasteiger partial charge in [0.25, 0.3) is 5.91 Å². The molecule has 5 aromatic rings. The number of aromatic nitrogens is 3. The van der Waals surface area contributed by atoms with Crippen LogP contribution in [0.15, 0.2) is 91.5 Å². The van der Waals surface area contributed by atoms with E-state index in [0.29, 0.717) is 16.9 Å². The van der Waals surface area contributed by atoms with Gasteiger partial charge < -0.3 is 15.0 Å². The summed E-state index contributed by atoms with van der Waals surface area (Å²) in [6.45, 7) is 0. The molecule has 0 bridgehead atoms. The van der Waals surface area contributed by atoms with Crippen molar-refractivity contribution in [1.82, 2.24) is 15.0 Å². The van der Waals surface area contributed by atoms with Gasteiger partial charge in [0.15, 0.2) is 0 Å². The Morgan fingerprint density at radius 1 is 0.938 bits per heavy atom. The Kier molecular flexibility index (Phi) is 5.09. The molecule has 1 amide bonds. The van der Waals surface area contributed by atoms with Gasteiger partial charge in [-0.15, -0.1) is 0 Å². The van der Waals surface area contributed by atoms with Gasteiger partial charge in [0.2, 0.25) is 0 Å². The molecular weight excluding hydrogens is 400 g/mol. The number of hydrogen-bond donors (Lipinski definition) is 2. The zero-order valence-electron chi connectivity index (χ0n) is 17.4. The van der Waals surface area contributed by atoms with Gasteiger partial charge in [-0.25, -0.2) is 4.98 Å². The number of carbonyl (C=O) groups is 1. The molecule has 3 aromatic heterocycles. The molecule has 0 unspecified atom stereocenters. The van der Waals surface area contributed by atoms with Crippen molar-refractivity contribution in [2.24, 2.45) is 0 Å². The molecule has 6 heteroatoms. The van der Waals surface area contributed by atoms with Gasteiger partial charge >= 0.3 is 0 Å². The number of amides is 1. The Hall–Kier alpha value is -4.45. The van der Waals surface area contributed by atoms with Crippen molar-refractivity contribution in [2.75, 3.05) is 12.4 Å². The third kappa shape index (κ3) is 3.70. The predicted molar refractivity (Wildman–Crippen MR) is 126 cm³/mol. The van der Waals surface area contributed by atoms with Gasteiger partial charge in [-0.2, -0.15) is 0 Å². The minimum Gasteiger partial charge on any atom is -0.497 e. The van der Waals surface area contributed by atoms with Crippen molar-refractivity contribution in [3.05, 3.63) is 97.1 Å². The largest absolute Gasteiger partial charge is 0.497 e. The van der Waals surface area contributed by atoms with E-state index < -0.39 is 0 Å². The van der Waals surface area contributed by atoms with E-state index in [9.17, 15) is 4.79 Å². The van der Waals surface area contributed by atoms with Crippen molar-refractivity contribution >= 4 is 22.6 Å². The summed E-state index contributed by atoms with van der Waals surface area (Å²) in [7, 11) is 1.63. The minimum atomic E-state index is -0.231. The van der Waals surface area contributed by atoms with Gasteiger partial charge in [-0.3, -0.25) is 9.78 Å². The maximum atomic E-state index is 13.2. The number of pyridine rings is 2. The van der Waals surface area contributed by atoms with Crippen LogP contribution in [0.25, 0.3) is 33.3 Å². The number of H-pyrrole nitrogens is 1. The number of anilines is 1. The van der Waals surface area contributed by atoms with Crippen LogP contribution in [-0.2, 0) is 0 Å². The van der Waals surface area contributed by atoms with Crippen LogP contribution in [0.4, 0.5) is 5.69 Å². The fourth-order valence-corrected chi connectivity index (χ4v) is 3.69. The smallest absolute Gasteiger partial charge is 0.257 e. The molecule has 0 saturated heterocycles. The molecule has 0 atom stereocenters. The summed E-state index contributed by atoms with van der Waals surface area (Å²) in [5.41, 5.74) is 5.64. The molecule has 156 valence electrons. The van der Waals surface area contributed by atoms with Gasteiger partial charge in [-0.05, 0) is 35.4 Å². The first-order valence-corrected chi connectivity index (χ1v) is 10.2. The summed E-state index contributed by atoms with van der Waals surface area (Å²) in [4.78, 5) is 25.0. The highest BCUT2D eigenvalue weighted by Gasteiger charge is 2.16. The number of nitrogens with one attached hydrogen (secondary N) is 2. The maximum Gasteiger partial charge on any atom is 0.257 e. The van der Waals surface area contributed by atoms with E-state index in [1.54, 1.807) is 31.9 Å². The average molecular weight is 420 g/mol. The van der Waals surface area contributed by atoms with Gasteiger partial charge in [0.1, 0.15) is 11.4 Å². The van der Waals surface area contributed by atoms with Crippen LogP contribution in [0.3, 0.4) is 0 Å². The lowest BCUT2D eigenvalue weighted by atomic mass is 10.0. The molecule has 2 N–H and O–H groups in total. The first-order valence-electron chi connectivity index (χ1n) is 10.2. The molecule has 3 heterocycles. The van der Waals surface area contributed by atoms with E-state index in [0.717, 1.165) is 33.4 Å². The molecule has 6 nitrogen and oxygen atoms in total. The summed E-state index contributed by atoms with van der Waals surface area (Å²) in [5, 5.41) is 3.77. The van der Waals surface area contributed by atoms with E-state index in [4.69, 9.17) is 4.74 Å². The maximum absolute atomic E-state index is 13.2. The Morgan fingerprint density at radius 2 is 1.75 bits per heavy atom. The molecule has 32 heavy (non-hydrogen) atoms. The second-order valence-electron chi connectivity index (χ2n) is 7.29. The number of nitrogens with zero attached hydrogens (tertiary/aromatic N) is 2. The standard InChI is InChI=1S/C26H20N4O2/c1-32-20-9-7-18(8-10-20)21-11-12-27-16-24(21)30-26(31)23-15-29-25-22(23)13-19(14-28-25)17-5-3-2-4-6-17/h2-16H,1H3,(H,28,29)(H,30,31). The van der Waals surface area contributed by atoms with Gasteiger partial charge in [0, 0.05) is 35.1 Å². The molecule has 0 aliphatic carbocycles. The van der Waals surface area contributed by atoms with E-state index in [-0.39, 0.29) is 5.91 Å². The number of ether oxygens (including phenoxy) is 1. The molecule has 0 aliphatic heterocycles. The molecule has 5 rings (SSSR count). The number of carbonyl (C=O) groups excluding carboxylic acids is 1. The molecule has 0 fully saturated rings. The summed E-state index contributed by atoms with van der Waals surface area (Å²) in [5.74, 6) is 0.542. The normalized spacial score (nSPS) is 10.8. The topological polar surface area (TPSA) is 79.9 Å². The van der Waals surface area contributed by atoms with Crippen LogP contribution in [0.2, 0.25) is 0 Å². The fraction of sp³-hybridized carbons (Fsp3) is 0.0385. The number of rotatable bonds is 5. The third-order valence-corrected chi connectivity index (χ3v) is 5.35. The Balaban J connectivity index is 1.48. The highest BCUT2D eigenvalue weighted by Crippen LogP contribution is 2.30. The van der Waals surface area contributed by atoms with Crippen molar-refractivity contribution in [2.45, 2.75) is 0 Å². The molecule has 0 radical (unpaired) electrons. The lowest BCUT2D eigenvalue weighted by Gasteiger charge is -2.11. The molecular formula is C26H20N4O2. The van der Waals surface area contributed by atoms with Gasteiger partial charge in [0.05, 0.1) is 24.6 Å². The Bertz CT molecular complexity index is 1390. The fourth-order valence-electron chi connectivity index (χ4n) is 3.69. The average Bonchev–Trinajstić information content (AvgIpc) is 3.28. The SMILES string of the molecule is COc1ccc(-c2ccncc2NC(=O)c2c[nH]c3ncc(-c4ccccc4)cc23)cc1. The zero-order valence-corrected chi connectivity index (χ0v) is 17.4. The van der Waals surface area contributed by atoms with Crippen LogP contribution < -0.4 is 10.1 Å². The monoisotopic (exact) mass is 420 g/mol. The molecule has 0 spiro atoms. The van der Waals surface area contributed by atoms with Gasteiger partial charge in [-0.1, -0.05) is 42.5 Å². The van der Waals surface area contributed by atoms with Crippen LogP contribution in [0.5, 0.6) is 5.75 Å². The van der Waals surface area contributed by atoms with Crippen molar-refractivity contribution in [3.8, 4) is 28.0 Å². The lowest BCUT2D eigenvalue weighted by Crippen LogP contribution is -2.12. The summed E-state index contributed by atoms with van der Waals surface area (Å²) >= 11 is 0.